The van der Waals surface area contributed by atoms with Crippen LogP contribution in [-0.4, -0.2) is 16.8 Å². The van der Waals surface area contributed by atoms with Gasteiger partial charge in [0.05, 0.1) is 25.2 Å². The maximum atomic E-state index is 13.7. The minimum Gasteiger partial charge on any atom is -0.350 e. The quantitative estimate of drug-likeness (QED) is 0.412. The third kappa shape index (κ3) is 6.13. The van der Waals surface area contributed by atoms with Gasteiger partial charge in [0.15, 0.2) is 0 Å². The first-order valence-corrected chi connectivity index (χ1v) is 11.0. The number of nitrogens with zero attached hydrogens (tertiary/aromatic N) is 2. The highest BCUT2D eigenvalue weighted by molar-refractivity contribution is 6.06. The Hall–Kier alpha value is -4.32. The molecule has 4 aromatic rings. The monoisotopic (exact) mass is 453 g/mol. The zero-order valence-electron chi connectivity index (χ0n) is 18.5. The van der Waals surface area contributed by atoms with Crippen molar-refractivity contribution in [3.05, 3.63) is 131 Å². The molecular formula is C28H24FN3O2. The molecule has 4 rings (SSSR count). The van der Waals surface area contributed by atoms with Gasteiger partial charge in [0.2, 0.25) is 5.91 Å². The van der Waals surface area contributed by atoms with E-state index < -0.39 is 0 Å². The van der Waals surface area contributed by atoms with E-state index in [1.807, 2.05) is 48.5 Å². The number of carbonyl (C=O) groups excluding carboxylic acids is 2. The number of pyridine rings is 1. The van der Waals surface area contributed by atoms with E-state index in [-0.39, 0.29) is 30.6 Å². The Labute approximate surface area is 197 Å². The average Bonchev–Trinajstić information content (AvgIpc) is 2.87. The van der Waals surface area contributed by atoms with Crippen LogP contribution in [0.5, 0.6) is 0 Å². The lowest BCUT2D eigenvalue weighted by Gasteiger charge is -2.23. The Balaban J connectivity index is 1.48. The van der Waals surface area contributed by atoms with Gasteiger partial charge in [-0.3, -0.25) is 14.6 Å². The minimum atomic E-state index is -0.350. The first-order chi connectivity index (χ1) is 16.6. The molecule has 5 nitrogen and oxygen atoms in total. The molecule has 1 heterocycles. The van der Waals surface area contributed by atoms with Crippen molar-refractivity contribution in [2.45, 2.75) is 19.5 Å². The first kappa shape index (κ1) is 22.9. The summed E-state index contributed by atoms with van der Waals surface area (Å²) in [6.07, 6.45) is 1.90. The molecular weight excluding hydrogens is 429 g/mol. The molecule has 0 aliphatic rings. The number of hydrogen-bond acceptors (Lipinski definition) is 3. The van der Waals surface area contributed by atoms with Crippen LogP contribution in [0.25, 0.3) is 0 Å². The standard InChI is InChI=1S/C28H24FN3O2/c29-24-10-6-7-22(17-24)20-32(28(34)23-8-2-1-3-9-23)26-14-12-21(13-15-26)18-27(33)31-19-25-11-4-5-16-30-25/h1-17H,18-20H2,(H,31,33). The Kier molecular flexibility index (Phi) is 7.40. The maximum absolute atomic E-state index is 13.7. The van der Waals surface area contributed by atoms with Crippen LogP contribution >= 0.6 is 0 Å². The number of hydrogen-bond donors (Lipinski definition) is 1. The number of aromatic nitrogens is 1. The van der Waals surface area contributed by atoms with Crippen LogP contribution in [0, 0.1) is 5.82 Å². The van der Waals surface area contributed by atoms with Crippen molar-refractivity contribution in [2.75, 3.05) is 4.90 Å². The normalized spacial score (nSPS) is 10.5. The van der Waals surface area contributed by atoms with E-state index >= 15 is 0 Å². The van der Waals surface area contributed by atoms with Crippen molar-refractivity contribution >= 4 is 17.5 Å². The summed E-state index contributed by atoms with van der Waals surface area (Å²) in [6.45, 7) is 0.583. The SMILES string of the molecule is O=C(Cc1ccc(N(Cc2cccc(F)c2)C(=O)c2ccccc2)cc1)NCc1ccccn1. The highest BCUT2D eigenvalue weighted by Gasteiger charge is 2.18. The summed E-state index contributed by atoms with van der Waals surface area (Å²) in [4.78, 5) is 31.4. The summed E-state index contributed by atoms with van der Waals surface area (Å²) in [6, 6.07) is 28.0. The second-order valence-electron chi connectivity index (χ2n) is 7.83. The predicted octanol–water partition coefficient (Wildman–Crippen LogP) is 4.93. The molecule has 0 atom stereocenters. The summed E-state index contributed by atoms with van der Waals surface area (Å²) in [7, 11) is 0. The van der Waals surface area contributed by atoms with Crippen molar-refractivity contribution in [3.8, 4) is 0 Å². The molecule has 1 aromatic heterocycles. The molecule has 3 aromatic carbocycles. The Morgan fingerprint density at radius 1 is 0.824 bits per heavy atom. The van der Waals surface area contributed by atoms with Crippen molar-refractivity contribution < 1.29 is 14.0 Å². The lowest BCUT2D eigenvalue weighted by atomic mass is 10.1. The highest BCUT2D eigenvalue weighted by atomic mass is 19.1. The van der Waals surface area contributed by atoms with Gasteiger partial charge in [-0.2, -0.15) is 0 Å². The topological polar surface area (TPSA) is 62.3 Å². The van der Waals surface area contributed by atoms with Crippen molar-refractivity contribution in [3.63, 3.8) is 0 Å². The van der Waals surface area contributed by atoms with Crippen molar-refractivity contribution in [2.24, 2.45) is 0 Å². The molecule has 0 saturated carbocycles. The molecule has 6 heteroatoms. The lowest BCUT2D eigenvalue weighted by molar-refractivity contribution is -0.120. The summed E-state index contributed by atoms with van der Waals surface area (Å²) < 4.78 is 13.7. The molecule has 0 saturated heterocycles. The fourth-order valence-corrected chi connectivity index (χ4v) is 3.57. The number of rotatable bonds is 8. The fraction of sp³-hybridized carbons (Fsp3) is 0.107. The number of amides is 2. The molecule has 2 amide bonds. The molecule has 0 fully saturated rings. The number of anilines is 1. The van der Waals surface area contributed by atoms with E-state index in [4.69, 9.17) is 0 Å². The number of nitrogens with one attached hydrogen (secondary N) is 1. The number of carbonyl (C=O) groups is 2. The first-order valence-electron chi connectivity index (χ1n) is 11.0. The summed E-state index contributed by atoms with van der Waals surface area (Å²) in [5.41, 5.74) is 3.49. The fourth-order valence-electron chi connectivity index (χ4n) is 3.57. The van der Waals surface area contributed by atoms with Crippen LogP contribution in [0.15, 0.2) is 103 Å². The smallest absolute Gasteiger partial charge is 0.258 e. The Bertz CT molecular complexity index is 1250. The van der Waals surface area contributed by atoms with E-state index in [9.17, 15) is 14.0 Å². The van der Waals surface area contributed by atoms with E-state index in [2.05, 4.69) is 10.3 Å². The molecule has 0 radical (unpaired) electrons. The zero-order chi connectivity index (χ0) is 23.8. The zero-order valence-corrected chi connectivity index (χ0v) is 18.5. The van der Waals surface area contributed by atoms with Crippen LogP contribution in [0.1, 0.15) is 27.2 Å². The average molecular weight is 454 g/mol. The largest absolute Gasteiger partial charge is 0.350 e. The molecule has 0 aliphatic carbocycles. The third-order valence-corrected chi connectivity index (χ3v) is 5.30. The molecule has 0 spiro atoms. The molecule has 0 unspecified atom stereocenters. The van der Waals surface area contributed by atoms with Crippen molar-refractivity contribution in [1.29, 1.82) is 0 Å². The van der Waals surface area contributed by atoms with Gasteiger partial charge in [-0.1, -0.05) is 48.5 Å². The maximum Gasteiger partial charge on any atom is 0.258 e. The van der Waals surface area contributed by atoms with E-state index in [1.165, 1.54) is 12.1 Å². The Morgan fingerprint density at radius 2 is 1.59 bits per heavy atom. The molecule has 0 aliphatic heterocycles. The van der Waals surface area contributed by atoms with Crippen molar-refractivity contribution in [1.82, 2.24) is 10.3 Å². The second-order valence-corrected chi connectivity index (χ2v) is 7.83. The van der Waals surface area contributed by atoms with E-state index in [1.54, 1.807) is 47.5 Å². The van der Waals surface area contributed by atoms with Gasteiger partial charge in [-0.15, -0.1) is 0 Å². The minimum absolute atomic E-state index is 0.115. The van der Waals surface area contributed by atoms with Crippen LogP contribution < -0.4 is 10.2 Å². The third-order valence-electron chi connectivity index (χ3n) is 5.30. The number of halogens is 1. The van der Waals surface area contributed by atoms with Gasteiger partial charge in [-0.05, 0) is 59.7 Å². The molecule has 1 N–H and O–H groups in total. The summed E-state index contributed by atoms with van der Waals surface area (Å²) >= 11 is 0. The van der Waals surface area contributed by atoms with Gasteiger partial charge < -0.3 is 10.2 Å². The van der Waals surface area contributed by atoms with Crippen LogP contribution in [0.2, 0.25) is 0 Å². The molecule has 0 bridgehead atoms. The van der Waals surface area contributed by atoms with E-state index in [0.717, 1.165) is 11.3 Å². The van der Waals surface area contributed by atoms with Gasteiger partial charge in [0.1, 0.15) is 5.82 Å². The van der Waals surface area contributed by atoms with Gasteiger partial charge in [0, 0.05) is 17.4 Å². The Morgan fingerprint density at radius 3 is 2.29 bits per heavy atom. The van der Waals surface area contributed by atoms with Crippen LogP contribution in [-0.2, 0) is 24.3 Å². The van der Waals surface area contributed by atoms with Gasteiger partial charge in [0.25, 0.3) is 5.91 Å². The van der Waals surface area contributed by atoms with Crippen LogP contribution in [0.4, 0.5) is 10.1 Å². The van der Waals surface area contributed by atoms with Crippen LogP contribution in [0.3, 0.4) is 0 Å². The highest BCUT2D eigenvalue weighted by Crippen LogP contribution is 2.22. The molecule has 34 heavy (non-hydrogen) atoms. The second kappa shape index (κ2) is 11.0. The molecule has 170 valence electrons. The van der Waals surface area contributed by atoms with Gasteiger partial charge in [-0.25, -0.2) is 4.39 Å². The summed E-state index contributed by atoms with van der Waals surface area (Å²) in [5, 5.41) is 2.86. The summed E-state index contributed by atoms with van der Waals surface area (Å²) in [5.74, 6) is -0.655. The predicted molar refractivity (Wildman–Crippen MR) is 130 cm³/mol. The van der Waals surface area contributed by atoms with Gasteiger partial charge >= 0.3 is 0 Å². The number of benzene rings is 3. The lowest BCUT2D eigenvalue weighted by Crippen LogP contribution is -2.30. The van der Waals surface area contributed by atoms with E-state index in [0.29, 0.717) is 23.4 Å².